The maximum Gasteiger partial charge on any atom is 0.305 e. The highest BCUT2D eigenvalue weighted by Crippen LogP contribution is 2.31. The Bertz CT molecular complexity index is 557. The smallest absolute Gasteiger partial charge is 0.305 e. The molecule has 0 fully saturated rings. The van der Waals surface area contributed by atoms with Gasteiger partial charge < -0.3 is 5.11 Å². The van der Waals surface area contributed by atoms with Crippen molar-refractivity contribution in [3.63, 3.8) is 0 Å². The van der Waals surface area contributed by atoms with E-state index < -0.39 is 12.0 Å². The Morgan fingerprint density at radius 1 is 1.44 bits per heavy atom. The molecule has 0 aromatic carbocycles. The van der Waals surface area contributed by atoms with E-state index >= 15 is 0 Å². The lowest BCUT2D eigenvalue weighted by Gasteiger charge is -2.06. The molecule has 96 valence electrons. The summed E-state index contributed by atoms with van der Waals surface area (Å²) in [5, 5.41) is 8.81. The first-order valence-electron chi connectivity index (χ1n) is 5.78. The second-order valence-corrected chi connectivity index (χ2v) is 5.86. The molecule has 0 aliphatic carbocycles. The zero-order valence-corrected chi connectivity index (χ0v) is 11.4. The summed E-state index contributed by atoms with van der Waals surface area (Å²) in [5.41, 5.74) is 2.97. The number of carbonyl (C=O) groups excluding carboxylic acids is 1. The molecular formula is C13H15NO3S. The van der Waals surface area contributed by atoms with Crippen LogP contribution in [0.25, 0.3) is 0 Å². The summed E-state index contributed by atoms with van der Waals surface area (Å²) < 4.78 is 0. The van der Waals surface area contributed by atoms with Crippen molar-refractivity contribution >= 4 is 28.8 Å². The number of ketones is 1. The van der Waals surface area contributed by atoms with Crippen LogP contribution in [0.2, 0.25) is 0 Å². The molecule has 1 aliphatic heterocycles. The molecule has 2 heterocycles. The van der Waals surface area contributed by atoms with Gasteiger partial charge in [0, 0.05) is 27.5 Å². The van der Waals surface area contributed by atoms with Crippen molar-refractivity contribution in [2.45, 2.75) is 39.7 Å². The summed E-state index contributed by atoms with van der Waals surface area (Å²) in [4.78, 5) is 29.3. The van der Waals surface area contributed by atoms with E-state index in [0.717, 1.165) is 21.7 Å². The number of nitrogens with zero attached hydrogens (tertiary/aromatic N) is 1. The number of Topliss-reactive ketones (excluding diaryl/α,β-unsaturated/α-hetero) is 1. The van der Waals surface area contributed by atoms with E-state index in [2.05, 4.69) is 4.99 Å². The average molecular weight is 265 g/mol. The van der Waals surface area contributed by atoms with E-state index in [1.165, 1.54) is 4.88 Å². The van der Waals surface area contributed by atoms with Gasteiger partial charge in [0.15, 0.2) is 5.78 Å². The predicted molar refractivity (Wildman–Crippen MR) is 70.8 cm³/mol. The fraction of sp³-hybridized carbons (Fsp3) is 0.462. The molecule has 0 bridgehead atoms. The minimum Gasteiger partial charge on any atom is -0.481 e. The van der Waals surface area contributed by atoms with Crippen LogP contribution < -0.4 is 0 Å². The number of fused-ring (bicyclic) bond motifs is 1. The summed E-state index contributed by atoms with van der Waals surface area (Å²) in [6, 6.07) is -0.734. The third-order valence-corrected chi connectivity index (χ3v) is 4.45. The van der Waals surface area contributed by atoms with Crippen molar-refractivity contribution < 1.29 is 14.7 Å². The van der Waals surface area contributed by atoms with Crippen LogP contribution in [-0.4, -0.2) is 28.6 Å². The fourth-order valence-corrected chi connectivity index (χ4v) is 3.51. The van der Waals surface area contributed by atoms with Crippen molar-refractivity contribution in [2.24, 2.45) is 4.99 Å². The number of hydrogen-bond donors (Lipinski definition) is 1. The molecule has 5 heteroatoms. The molecule has 1 aliphatic rings. The largest absolute Gasteiger partial charge is 0.481 e. The SMILES string of the molecule is CC1=N[C@@H](CC(=O)O)C(=O)Cc2sc(C)c(C)c21. The molecule has 0 spiro atoms. The van der Waals surface area contributed by atoms with E-state index in [1.54, 1.807) is 11.3 Å². The average Bonchev–Trinajstić information content (AvgIpc) is 2.46. The van der Waals surface area contributed by atoms with Crippen molar-refractivity contribution in [1.82, 2.24) is 0 Å². The van der Waals surface area contributed by atoms with Gasteiger partial charge in [0.05, 0.1) is 6.42 Å². The van der Waals surface area contributed by atoms with Crippen molar-refractivity contribution in [2.75, 3.05) is 0 Å². The Morgan fingerprint density at radius 2 is 2.11 bits per heavy atom. The molecule has 4 nitrogen and oxygen atoms in total. The highest BCUT2D eigenvalue weighted by Gasteiger charge is 2.28. The first-order chi connectivity index (χ1) is 8.40. The van der Waals surface area contributed by atoms with E-state index in [-0.39, 0.29) is 12.2 Å². The van der Waals surface area contributed by atoms with Gasteiger partial charge in [-0.2, -0.15) is 0 Å². The molecule has 1 N–H and O–H groups in total. The number of aryl methyl sites for hydroxylation is 1. The lowest BCUT2D eigenvalue weighted by atomic mass is 10.0. The standard InChI is InChI=1S/C13H15NO3S/c1-6-8(3)18-11-5-10(15)9(4-12(16)17)14-7(2)13(6)11/h9H,4-5H2,1-3H3,(H,16,17)/t9-/m0/s1. The number of carboxylic acid groups (broad SMARTS) is 1. The molecule has 0 saturated heterocycles. The summed E-state index contributed by atoms with van der Waals surface area (Å²) in [6.07, 6.45) is 0.0800. The third kappa shape index (κ3) is 2.22. The van der Waals surface area contributed by atoms with Crippen LogP contribution in [0.3, 0.4) is 0 Å². The van der Waals surface area contributed by atoms with Crippen LogP contribution in [0, 0.1) is 13.8 Å². The fourth-order valence-electron chi connectivity index (χ4n) is 2.27. The Morgan fingerprint density at radius 3 is 2.72 bits per heavy atom. The Kier molecular flexibility index (Phi) is 3.34. The number of carboxylic acids is 1. The number of rotatable bonds is 2. The van der Waals surface area contributed by atoms with Gasteiger partial charge in [-0.25, -0.2) is 0 Å². The van der Waals surface area contributed by atoms with Gasteiger partial charge in [0.2, 0.25) is 0 Å². The molecule has 1 aromatic rings. The van der Waals surface area contributed by atoms with E-state index in [1.807, 2.05) is 20.8 Å². The third-order valence-electron chi connectivity index (χ3n) is 3.24. The number of hydrogen-bond acceptors (Lipinski definition) is 4. The predicted octanol–water partition coefficient (Wildman–Crippen LogP) is 2.14. The molecule has 2 rings (SSSR count). The number of aliphatic carboxylic acids is 1. The number of aliphatic imine (C=N–C) groups is 1. The highest BCUT2D eigenvalue weighted by atomic mass is 32.1. The summed E-state index contributed by atoms with van der Waals surface area (Å²) in [6.45, 7) is 5.90. The van der Waals surface area contributed by atoms with Crippen LogP contribution in [-0.2, 0) is 16.0 Å². The topological polar surface area (TPSA) is 66.7 Å². The lowest BCUT2D eigenvalue weighted by Crippen LogP contribution is -2.23. The zero-order valence-electron chi connectivity index (χ0n) is 10.6. The van der Waals surface area contributed by atoms with Crippen LogP contribution in [0.4, 0.5) is 0 Å². The van der Waals surface area contributed by atoms with Crippen molar-refractivity contribution in [3.05, 3.63) is 20.9 Å². The first kappa shape index (κ1) is 13.0. The summed E-state index contributed by atoms with van der Waals surface area (Å²) >= 11 is 1.61. The molecule has 0 unspecified atom stereocenters. The van der Waals surface area contributed by atoms with E-state index in [0.29, 0.717) is 6.42 Å². The van der Waals surface area contributed by atoms with Crippen LogP contribution in [0.1, 0.15) is 34.2 Å². The quantitative estimate of drug-likeness (QED) is 0.891. The minimum atomic E-state index is -0.983. The molecule has 18 heavy (non-hydrogen) atoms. The maximum atomic E-state index is 12.0. The first-order valence-corrected chi connectivity index (χ1v) is 6.60. The summed E-state index contributed by atoms with van der Waals surface area (Å²) in [5.74, 6) is -1.08. The maximum absolute atomic E-state index is 12.0. The van der Waals surface area contributed by atoms with E-state index in [4.69, 9.17) is 5.11 Å². The van der Waals surface area contributed by atoms with Crippen LogP contribution in [0.5, 0.6) is 0 Å². The van der Waals surface area contributed by atoms with Gasteiger partial charge in [-0.1, -0.05) is 0 Å². The van der Waals surface area contributed by atoms with Crippen LogP contribution >= 0.6 is 11.3 Å². The molecule has 0 radical (unpaired) electrons. The molecule has 1 aromatic heterocycles. The second kappa shape index (κ2) is 4.65. The lowest BCUT2D eigenvalue weighted by molar-refractivity contribution is -0.139. The monoisotopic (exact) mass is 265 g/mol. The summed E-state index contributed by atoms with van der Waals surface area (Å²) in [7, 11) is 0. The zero-order chi connectivity index (χ0) is 13.4. The Labute approximate surface area is 109 Å². The molecule has 0 saturated carbocycles. The van der Waals surface area contributed by atoms with Gasteiger partial charge in [0.25, 0.3) is 0 Å². The van der Waals surface area contributed by atoms with Gasteiger partial charge >= 0.3 is 5.97 Å². The molecular weight excluding hydrogens is 250 g/mol. The van der Waals surface area contributed by atoms with Crippen molar-refractivity contribution in [1.29, 1.82) is 0 Å². The minimum absolute atomic E-state index is 0.100. The molecule has 1 atom stereocenters. The normalized spacial score (nSPS) is 19.2. The highest BCUT2D eigenvalue weighted by molar-refractivity contribution is 7.12. The van der Waals surface area contributed by atoms with Gasteiger partial charge in [-0.3, -0.25) is 14.6 Å². The van der Waals surface area contributed by atoms with Gasteiger partial charge in [-0.05, 0) is 26.3 Å². The Hall–Kier alpha value is -1.49. The van der Waals surface area contributed by atoms with Crippen molar-refractivity contribution in [3.8, 4) is 0 Å². The number of carbonyl (C=O) groups is 2. The van der Waals surface area contributed by atoms with Crippen LogP contribution in [0.15, 0.2) is 4.99 Å². The second-order valence-electron chi connectivity index (χ2n) is 4.55. The van der Waals surface area contributed by atoms with Gasteiger partial charge in [-0.15, -0.1) is 11.3 Å². The Balaban J connectivity index is 2.46. The molecule has 0 amide bonds. The number of thiophene rings is 1. The van der Waals surface area contributed by atoms with E-state index in [9.17, 15) is 9.59 Å². The van der Waals surface area contributed by atoms with Gasteiger partial charge in [0.1, 0.15) is 6.04 Å².